The third kappa shape index (κ3) is 3.34. The molecule has 1 unspecified atom stereocenters. The van der Waals surface area contributed by atoms with Gasteiger partial charge >= 0.3 is 0 Å². The number of nitro groups is 1. The molecule has 0 aromatic heterocycles. The maximum Gasteiger partial charge on any atom is 0.276 e. The number of hydrogen-bond donors (Lipinski definition) is 1. The van der Waals surface area contributed by atoms with Gasteiger partial charge in [0, 0.05) is 28.8 Å². The smallest absolute Gasteiger partial charge is 0.276 e. The number of hydrogen-bond acceptors (Lipinski definition) is 6. The van der Waals surface area contributed by atoms with Crippen LogP contribution in [0.25, 0.3) is 0 Å². The average molecular weight is 434 g/mol. The highest BCUT2D eigenvalue weighted by atomic mass is 16.6. The molecule has 32 heavy (non-hydrogen) atoms. The normalized spacial score (nSPS) is 17.2. The van der Waals surface area contributed by atoms with Gasteiger partial charge in [0.25, 0.3) is 11.6 Å². The fourth-order valence-electron chi connectivity index (χ4n) is 4.17. The van der Waals surface area contributed by atoms with Gasteiger partial charge in [0.15, 0.2) is 17.2 Å². The van der Waals surface area contributed by atoms with Crippen molar-refractivity contribution in [3.63, 3.8) is 0 Å². The standard InChI is InChI=1S/C24H22N2O6/c1-31-21-14-16(20(26(29)30)15-22(21)32-2)12-13-25-23(27)18-10-6-7-11-19(18)24(25,28)17-8-4-3-5-9-17/h3-11,14-15,28H,12-13H2,1-2H3. The summed E-state index contributed by atoms with van der Waals surface area (Å²) in [5.41, 5.74) is -0.0269. The minimum atomic E-state index is -1.68. The van der Waals surface area contributed by atoms with Gasteiger partial charge in [0.05, 0.1) is 25.2 Å². The number of fused-ring (bicyclic) bond motifs is 1. The van der Waals surface area contributed by atoms with Gasteiger partial charge < -0.3 is 19.5 Å². The number of nitrogens with zero attached hydrogens (tertiary/aromatic N) is 2. The van der Waals surface area contributed by atoms with E-state index < -0.39 is 10.6 Å². The zero-order valence-corrected chi connectivity index (χ0v) is 17.6. The van der Waals surface area contributed by atoms with E-state index in [9.17, 15) is 20.0 Å². The van der Waals surface area contributed by atoms with Crippen LogP contribution in [0.15, 0.2) is 66.7 Å². The Kier molecular flexibility index (Phi) is 5.54. The minimum Gasteiger partial charge on any atom is -0.493 e. The quantitative estimate of drug-likeness (QED) is 0.451. The number of carbonyl (C=O) groups is 1. The molecule has 1 aliphatic rings. The Labute approximate surface area is 184 Å². The molecule has 0 spiro atoms. The Balaban J connectivity index is 1.75. The number of methoxy groups -OCH3 is 2. The molecule has 0 radical (unpaired) electrons. The average Bonchev–Trinajstić information content (AvgIpc) is 3.05. The highest BCUT2D eigenvalue weighted by Crippen LogP contribution is 2.42. The Bertz CT molecular complexity index is 1180. The van der Waals surface area contributed by atoms with Crippen LogP contribution < -0.4 is 9.47 Å². The molecule has 1 N–H and O–H groups in total. The van der Waals surface area contributed by atoms with E-state index in [1.165, 1.54) is 31.3 Å². The Hall–Kier alpha value is -3.91. The first kappa shape index (κ1) is 21.3. The minimum absolute atomic E-state index is 0.0508. The summed E-state index contributed by atoms with van der Waals surface area (Å²) in [4.78, 5) is 25.7. The van der Waals surface area contributed by atoms with Crippen LogP contribution in [0.4, 0.5) is 5.69 Å². The Morgan fingerprint density at radius 1 is 1.00 bits per heavy atom. The van der Waals surface area contributed by atoms with Crippen LogP contribution in [-0.2, 0) is 12.1 Å². The molecule has 0 fully saturated rings. The van der Waals surface area contributed by atoms with Crippen molar-refractivity contribution in [1.82, 2.24) is 4.90 Å². The second-order valence-corrected chi connectivity index (χ2v) is 7.38. The molecule has 1 atom stereocenters. The zero-order valence-electron chi connectivity index (χ0n) is 17.6. The van der Waals surface area contributed by atoms with E-state index in [0.717, 1.165) is 0 Å². The molecule has 1 heterocycles. The summed E-state index contributed by atoms with van der Waals surface area (Å²) in [6, 6.07) is 18.6. The molecule has 8 nitrogen and oxygen atoms in total. The largest absolute Gasteiger partial charge is 0.493 e. The van der Waals surface area contributed by atoms with Crippen LogP contribution in [0.1, 0.15) is 27.0 Å². The van der Waals surface area contributed by atoms with Gasteiger partial charge in [-0.3, -0.25) is 14.9 Å². The van der Waals surface area contributed by atoms with Crippen molar-refractivity contribution in [2.45, 2.75) is 12.1 Å². The van der Waals surface area contributed by atoms with E-state index >= 15 is 0 Å². The highest BCUT2D eigenvalue weighted by Gasteiger charge is 2.49. The van der Waals surface area contributed by atoms with E-state index in [1.54, 1.807) is 48.5 Å². The second-order valence-electron chi connectivity index (χ2n) is 7.38. The molecule has 3 aromatic carbocycles. The maximum atomic E-state index is 13.2. The molecule has 0 aliphatic carbocycles. The number of aliphatic hydroxyl groups is 1. The first-order chi connectivity index (χ1) is 15.4. The summed E-state index contributed by atoms with van der Waals surface area (Å²) < 4.78 is 10.5. The Morgan fingerprint density at radius 2 is 1.62 bits per heavy atom. The van der Waals surface area contributed by atoms with E-state index in [2.05, 4.69) is 0 Å². The van der Waals surface area contributed by atoms with Gasteiger partial charge in [-0.25, -0.2) is 0 Å². The summed E-state index contributed by atoms with van der Waals surface area (Å²) in [5, 5.41) is 23.5. The molecule has 1 aliphatic heterocycles. The number of benzene rings is 3. The van der Waals surface area contributed by atoms with Crippen molar-refractivity contribution in [3.8, 4) is 11.5 Å². The fourth-order valence-corrected chi connectivity index (χ4v) is 4.17. The third-order valence-corrected chi connectivity index (χ3v) is 5.73. The topological polar surface area (TPSA) is 102 Å². The van der Waals surface area contributed by atoms with Crippen LogP contribution in [0.5, 0.6) is 11.5 Å². The lowest BCUT2D eigenvalue weighted by Gasteiger charge is -2.35. The Morgan fingerprint density at radius 3 is 2.28 bits per heavy atom. The van der Waals surface area contributed by atoms with Crippen LogP contribution in [0.3, 0.4) is 0 Å². The highest BCUT2D eigenvalue weighted by molar-refractivity contribution is 6.00. The van der Waals surface area contributed by atoms with E-state index in [-0.39, 0.29) is 30.3 Å². The molecule has 1 amide bonds. The van der Waals surface area contributed by atoms with Gasteiger partial charge in [-0.1, -0.05) is 48.5 Å². The summed E-state index contributed by atoms with van der Waals surface area (Å²) >= 11 is 0. The maximum absolute atomic E-state index is 13.2. The van der Waals surface area contributed by atoms with Crippen molar-refractivity contribution in [2.24, 2.45) is 0 Å². The van der Waals surface area contributed by atoms with Crippen LogP contribution in [0.2, 0.25) is 0 Å². The van der Waals surface area contributed by atoms with Gasteiger partial charge in [0.2, 0.25) is 0 Å². The van der Waals surface area contributed by atoms with E-state index in [1.807, 2.05) is 6.07 Å². The monoisotopic (exact) mass is 434 g/mol. The molecular weight excluding hydrogens is 412 g/mol. The first-order valence-electron chi connectivity index (χ1n) is 10.0. The SMILES string of the molecule is COc1cc(CCN2C(=O)c3ccccc3C2(O)c2ccccc2)c([N+](=O)[O-])cc1OC. The zero-order chi connectivity index (χ0) is 22.9. The number of nitro benzene ring substituents is 1. The van der Waals surface area contributed by atoms with Crippen LogP contribution >= 0.6 is 0 Å². The lowest BCUT2D eigenvalue weighted by molar-refractivity contribution is -0.385. The van der Waals surface area contributed by atoms with Crippen LogP contribution in [-0.4, -0.2) is 41.6 Å². The molecule has 0 bridgehead atoms. The molecule has 8 heteroatoms. The molecule has 4 rings (SSSR count). The lowest BCUT2D eigenvalue weighted by Crippen LogP contribution is -2.45. The van der Waals surface area contributed by atoms with Crippen molar-refractivity contribution in [1.29, 1.82) is 0 Å². The molecular formula is C24H22N2O6. The number of carbonyl (C=O) groups excluding carboxylic acids is 1. The van der Waals surface area contributed by atoms with Gasteiger partial charge in [-0.15, -0.1) is 0 Å². The number of rotatable bonds is 7. The summed E-state index contributed by atoms with van der Waals surface area (Å²) in [7, 11) is 2.85. The molecule has 164 valence electrons. The fraction of sp³-hybridized carbons (Fsp3) is 0.208. The first-order valence-corrected chi connectivity index (χ1v) is 10.0. The van der Waals surface area contributed by atoms with Crippen molar-refractivity contribution in [2.75, 3.05) is 20.8 Å². The summed E-state index contributed by atoms with van der Waals surface area (Å²) in [6.07, 6.45) is 0.130. The third-order valence-electron chi connectivity index (χ3n) is 5.73. The predicted molar refractivity (Wildman–Crippen MR) is 117 cm³/mol. The number of amides is 1. The van der Waals surface area contributed by atoms with Crippen molar-refractivity contribution >= 4 is 11.6 Å². The summed E-state index contributed by atoms with van der Waals surface area (Å²) in [6.45, 7) is 0.0508. The van der Waals surface area contributed by atoms with Crippen molar-refractivity contribution in [3.05, 3.63) is 99.1 Å². The number of ether oxygens (including phenoxy) is 2. The van der Waals surface area contributed by atoms with E-state index in [4.69, 9.17) is 9.47 Å². The molecule has 0 saturated heterocycles. The summed E-state index contributed by atoms with van der Waals surface area (Å²) in [5.74, 6) is 0.255. The molecule has 3 aromatic rings. The predicted octanol–water partition coefficient (Wildman–Crippen LogP) is 3.50. The van der Waals surface area contributed by atoms with E-state index in [0.29, 0.717) is 28.0 Å². The second kappa shape index (κ2) is 8.32. The van der Waals surface area contributed by atoms with Crippen molar-refractivity contribution < 1.29 is 24.3 Å². The van der Waals surface area contributed by atoms with Gasteiger partial charge in [-0.05, 0) is 18.6 Å². The van der Waals surface area contributed by atoms with Gasteiger partial charge in [-0.2, -0.15) is 0 Å². The lowest BCUT2D eigenvalue weighted by atomic mass is 9.93. The molecule has 0 saturated carbocycles. The van der Waals surface area contributed by atoms with Gasteiger partial charge in [0.1, 0.15) is 0 Å². The van der Waals surface area contributed by atoms with Crippen LogP contribution in [0, 0.1) is 10.1 Å².